The Morgan fingerprint density at radius 1 is 1.24 bits per heavy atom. The number of amides is 1. The molecule has 7 nitrogen and oxygen atoms in total. The van der Waals surface area contributed by atoms with Crippen molar-refractivity contribution >= 4 is 11.6 Å². The summed E-state index contributed by atoms with van der Waals surface area (Å²) in [7, 11) is 0. The summed E-state index contributed by atoms with van der Waals surface area (Å²) in [5.41, 5.74) is -0.273. The number of rotatable bonds is 6. The van der Waals surface area contributed by atoms with Crippen molar-refractivity contribution in [3.8, 4) is 5.69 Å². The van der Waals surface area contributed by atoms with Gasteiger partial charge < -0.3 is 15.0 Å². The lowest BCUT2D eigenvalue weighted by molar-refractivity contribution is -0.141. The van der Waals surface area contributed by atoms with Gasteiger partial charge in [0.1, 0.15) is 17.7 Å². The van der Waals surface area contributed by atoms with Crippen LogP contribution in [0.1, 0.15) is 24.0 Å². The number of hydrogen-bond acceptors (Lipinski definition) is 4. The van der Waals surface area contributed by atoms with Gasteiger partial charge >= 0.3 is 6.18 Å². The molecule has 1 aromatic carbocycles. The Kier molecular flexibility index (Phi) is 5.69. The third-order valence-electron chi connectivity index (χ3n) is 4.19. The Balaban J connectivity index is 1.80. The van der Waals surface area contributed by atoms with Crippen molar-refractivity contribution in [2.75, 3.05) is 11.9 Å². The first kappa shape index (κ1) is 20.5. The monoisotopic (exact) mass is 411 g/mol. The molecule has 3 aromatic rings. The second-order valence-electron chi connectivity index (χ2n) is 6.25. The third kappa shape index (κ3) is 4.62. The molecule has 0 saturated carbocycles. The largest absolute Gasteiger partial charge is 0.434 e. The fourth-order valence-electron chi connectivity index (χ4n) is 2.80. The first-order chi connectivity index (χ1) is 13.7. The molecular formula is C18H17F4N5O2. The van der Waals surface area contributed by atoms with Gasteiger partial charge in [-0.25, -0.2) is 14.1 Å². The molecule has 154 valence electrons. The number of hydrogen-bond donors (Lipinski definition) is 2. The minimum atomic E-state index is -4.65. The van der Waals surface area contributed by atoms with E-state index >= 15 is 0 Å². The summed E-state index contributed by atoms with van der Waals surface area (Å²) in [6.07, 6.45) is -1.18. The molecule has 0 fully saturated rings. The number of anilines is 1. The molecule has 29 heavy (non-hydrogen) atoms. The minimum Gasteiger partial charge on any atom is -0.396 e. The number of halogens is 4. The molecule has 0 bridgehead atoms. The predicted octanol–water partition coefficient (Wildman–Crippen LogP) is 3.10. The lowest BCUT2D eigenvalue weighted by Gasteiger charge is -2.18. The molecule has 3 rings (SSSR count). The van der Waals surface area contributed by atoms with E-state index in [-0.39, 0.29) is 17.9 Å². The van der Waals surface area contributed by atoms with Gasteiger partial charge in [-0.05, 0) is 31.2 Å². The highest BCUT2D eigenvalue weighted by Gasteiger charge is 2.35. The van der Waals surface area contributed by atoms with Crippen LogP contribution in [-0.4, -0.2) is 37.0 Å². The predicted molar refractivity (Wildman–Crippen MR) is 94.9 cm³/mol. The number of aliphatic hydroxyl groups is 1. The van der Waals surface area contributed by atoms with Crippen LogP contribution in [0.5, 0.6) is 0 Å². The number of imidazole rings is 1. The van der Waals surface area contributed by atoms with Gasteiger partial charge in [0.05, 0.1) is 23.8 Å². The molecule has 1 atom stereocenters. The van der Waals surface area contributed by atoms with E-state index in [1.165, 1.54) is 48.3 Å². The number of nitrogens with zero attached hydrogens (tertiary/aromatic N) is 4. The summed E-state index contributed by atoms with van der Waals surface area (Å²) in [5, 5.41) is 15.9. The molecule has 11 heteroatoms. The van der Waals surface area contributed by atoms with Crippen LogP contribution >= 0.6 is 0 Å². The zero-order valence-electron chi connectivity index (χ0n) is 15.2. The van der Waals surface area contributed by atoms with Crippen LogP contribution in [0, 0.1) is 12.7 Å². The second kappa shape index (κ2) is 8.03. The van der Waals surface area contributed by atoms with Gasteiger partial charge in [0.2, 0.25) is 5.91 Å². The molecule has 0 aliphatic rings. The summed E-state index contributed by atoms with van der Waals surface area (Å²) in [6.45, 7) is 0.936. The van der Waals surface area contributed by atoms with E-state index in [4.69, 9.17) is 0 Å². The topological polar surface area (TPSA) is 85.0 Å². The number of benzene rings is 1. The number of alkyl halides is 3. The van der Waals surface area contributed by atoms with Gasteiger partial charge in [0.15, 0.2) is 5.69 Å². The van der Waals surface area contributed by atoms with Crippen molar-refractivity contribution in [1.29, 1.82) is 0 Å². The SMILES string of the molecule is Cc1nc(C(F)(F)F)cn1C(CCO)C(=O)Nc1cnn(-c2ccc(F)cc2)c1. The number of carbonyl (C=O) groups is 1. The van der Waals surface area contributed by atoms with Crippen LogP contribution in [0.25, 0.3) is 5.69 Å². The van der Waals surface area contributed by atoms with Crippen molar-refractivity contribution in [2.45, 2.75) is 25.6 Å². The van der Waals surface area contributed by atoms with Crippen molar-refractivity contribution in [1.82, 2.24) is 19.3 Å². The normalized spacial score (nSPS) is 12.8. The van der Waals surface area contributed by atoms with Crippen LogP contribution in [0.3, 0.4) is 0 Å². The Labute approximate surface area is 162 Å². The minimum absolute atomic E-state index is 0.00654. The van der Waals surface area contributed by atoms with Crippen molar-refractivity contribution in [3.63, 3.8) is 0 Å². The van der Waals surface area contributed by atoms with Gasteiger partial charge in [-0.2, -0.15) is 18.3 Å². The van der Waals surface area contributed by atoms with E-state index in [1.54, 1.807) is 0 Å². The molecule has 2 N–H and O–H groups in total. The van der Waals surface area contributed by atoms with E-state index in [1.807, 2.05) is 0 Å². The van der Waals surface area contributed by atoms with Crippen LogP contribution in [-0.2, 0) is 11.0 Å². The van der Waals surface area contributed by atoms with E-state index in [0.717, 1.165) is 10.8 Å². The van der Waals surface area contributed by atoms with Crippen molar-refractivity contribution in [3.05, 3.63) is 60.2 Å². The van der Waals surface area contributed by atoms with Crippen LogP contribution in [0.2, 0.25) is 0 Å². The zero-order chi connectivity index (χ0) is 21.2. The lowest BCUT2D eigenvalue weighted by Crippen LogP contribution is -2.27. The quantitative estimate of drug-likeness (QED) is 0.611. The highest BCUT2D eigenvalue weighted by molar-refractivity contribution is 5.93. The summed E-state index contributed by atoms with van der Waals surface area (Å²) in [5.74, 6) is -1.05. The summed E-state index contributed by atoms with van der Waals surface area (Å²) < 4.78 is 54.2. The fraction of sp³-hybridized carbons (Fsp3) is 0.278. The van der Waals surface area contributed by atoms with E-state index < -0.39 is 36.2 Å². The molecule has 1 amide bonds. The van der Waals surface area contributed by atoms with E-state index in [0.29, 0.717) is 5.69 Å². The van der Waals surface area contributed by atoms with Gasteiger partial charge in [-0.3, -0.25) is 4.79 Å². The number of aliphatic hydroxyl groups excluding tert-OH is 1. The highest BCUT2D eigenvalue weighted by atomic mass is 19.4. The molecule has 2 heterocycles. The summed E-state index contributed by atoms with van der Waals surface area (Å²) in [6, 6.07) is 4.41. The molecule has 0 saturated heterocycles. The number of carbonyl (C=O) groups excluding carboxylic acids is 1. The Hall–Kier alpha value is -3.21. The lowest BCUT2D eigenvalue weighted by atomic mass is 10.2. The van der Waals surface area contributed by atoms with Gasteiger partial charge in [-0.15, -0.1) is 0 Å². The molecule has 0 aliphatic heterocycles. The smallest absolute Gasteiger partial charge is 0.396 e. The Bertz CT molecular complexity index is 995. The Morgan fingerprint density at radius 3 is 2.52 bits per heavy atom. The molecule has 1 unspecified atom stereocenters. The van der Waals surface area contributed by atoms with Gasteiger partial charge in [-0.1, -0.05) is 0 Å². The Morgan fingerprint density at radius 2 is 1.93 bits per heavy atom. The maximum atomic E-state index is 13.0. The number of aromatic nitrogens is 4. The maximum Gasteiger partial charge on any atom is 0.434 e. The maximum absolute atomic E-state index is 13.0. The summed E-state index contributed by atoms with van der Waals surface area (Å²) >= 11 is 0. The average molecular weight is 411 g/mol. The third-order valence-corrected chi connectivity index (χ3v) is 4.19. The first-order valence-electron chi connectivity index (χ1n) is 8.54. The highest BCUT2D eigenvalue weighted by Crippen LogP contribution is 2.30. The average Bonchev–Trinajstić information content (AvgIpc) is 3.27. The van der Waals surface area contributed by atoms with Crippen LogP contribution < -0.4 is 5.32 Å². The van der Waals surface area contributed by atoms with Crippen LogP contribution in [0.15, 0.2) is 42.9 Å². The summed E-state index contributed by atoms with van der Waals surface area (Å²) in [4.78, 5) is 16.1. The number of nitrogens with one attached hydrogen (secondary N) is 1. The molecule has 0 aliphatic carbocycles. The molecule has 2 aromatic heterocycles. The first-order valence-corrected chi connectivity index (χ1v) is 8.54. The molecule has 0 spiro atoms. The van der Waals surface area contributed by atoms with E-state index in [2.05, 4.69) is 15.4 Å². The van der Waals surface area contributed by atoms with Crippen molar-refractivity contribution < 1.29 is 27.5 Å². The fourth-order valence-corrected chi connectivity index (χ4v) is 2.80. The number of aryl methyl sites for hydroxylation is 1. The molecular weight excluding hydrogens is 394 g/mol. The van der Waals surface area contributed by atoms with Gasteiger partial charge in [0.25, 0.3) is 0 Å². The van der Waals surface area contributed by atoms with Crippen LogP contribution in [0.4, 0.5) is 23.2 Å². The second-order valence-corrected chi connectivity index (χ2v) is 6.25. The van der Waals surface area contributed by atoms with Gasteiger partial charge in [0, 0.05) is 19.2 Å². The molecule has 0 radical (unpaired) electrons. The standard InChI is InChI=1S/C18H17F4N5O2/c1-11-24-16(18(20,21)22)10-26(11)15(6-7-28)17(29)25-13-8-23-27(9-13)14-4-2-12(19)3-5-14/h2-5,8-10,15,28H,6-7H2,1H3,(H,25,29). The van der Waals surface area contributed by atoms with Crippen molar-refractivity contribution in [2.24, 2.45) is 0 Å². The van der Waals surface area contributed by atoms with E-state index in [9.17, 15) is 27.5 Å². The zero-order valence-corrected chi connectivity index (χ0v) is 15.2.